The summed E-state index contributed by atoms with van der Waals surface area (Å²) in [7, 11) is 0. The SMILES string of the molecule is C[C@@H](c1ccc2scnc2c1)N1CCC(Oc2cccnc2)CC1. The van der Waals surface area contributed by atoms with E-state index >= 15 is 0 Å². The van der Waals surface area contributed by atoms with Gasteiger partial charge in [0.1, 0.15) is 11.9 Å². The molecule has 3 heterocycles. The van der Waals surface area contributed by atoms with Crippen LogP contribution in [0, 0.1) is 0 Å². The Labute approximate surface area is 146 Å². The van der Waals surface area contributed by atoms with E-state index in [9.17, 15) is 0 Å². The first kappa shape index (κ1) is 15.5. The molecule has 1 saturated heterocycles. The van der Waals surface area contributed by atoms with Crippen LogP contribution in [0.5, 0.6) is 5.75 Å². The predicted molar refractivity (Wildman–Crippen MR) is 97.5 cm³/mol. The van der Waals surface area contributed by atoms with Gasteiger partial charge in [-0.05, 0) is 49.6 Å². The van der Waals surface area contributed by atoms with Crippen LogP contribution in [0.1, 0.15) is 31.4 Å². The Morgan fingerprint density at radius 2 is 2.12 bits per heavy atom. The average molecular weight is 339 g/mol. The van der Waals surface area contributed by atoms with Crippen LogP contribution in [0.3, 0.4) is 0 Å². The van der Waals surface area contributed by atoms with Crippen LogP contribution >= 0.6 is 11.3 Å². The van der Waals surface area contributed by atoms with Crippen molar-refractivity contribution in [3.8, 4) is 5.75 Å². The summed E-state index contributed by atoms with van der Waals surface area (Å²) in [6.07, 6.45) is 5.96. The third kappa shape index (κ3) is 3.28. The molecule has 4 rings (SSSR count). The number of hydrogen-bond donors (Lipinski definition) is 0. The van der Waals surface area contributed by atoms with Gasteiger partial charge in [-0.1, -0.05) is 6.07 Å². The fourth-order valence-electron chi connectivity index (χ4n) is 3.34. The van der Waals surface area contributed by atoms with E-state index in [-0.39, 0.29) is 0 Å². The van der Waals surface area contributed by atoms with Gasteiger partial charge < -0.3 is 4.74 Å². The number of nitrogens with zero attached hydrogens (tertiary/aromatic N) is 3. The molecule has 0 bridgehead atoms. The molecule has 4 nitrogen and oxygen atoms in total. The smallest absolute Gasteiger partial charge is 0.137 e. The lowest BCUT2D eigenvalue weighted by Gasteiger charge is -2.36. The van der Waals surface area contributed by atoms with Crippen molar-refractivity contribution >= 4 is 21.6 Å². The summed E-state index contributed by atoms with van der Waals surface area (Å²) in [5.41, 5.74) is 4.37. The van der Waals surface area contributed by atoms with E-state index in [1.807, 2.05) is 17.6 Å². The molecule has 1 aromatic carbocycles. The Morgan fingerprint density at radius 3 is 2.92 bits per heavy atom. The summed E-state index contributed by atoms with van der Waals surface area (Å²) in [5, 5.41) is 0. The normalized spacial score (nSPS) is 17.9. The maximum atomic E-state index is 6.04. The Bertz CT molecular complexity index is 796. The first-order chi connectivity index (χ1) is 11.8. The summed E-state index contributed by atoms with van der Waals surface area (Å²) in [5.74, 6) is 0.873. The van der Waals surface area contributed by atoms with Crippen LogP contribution in [-0.4, -0.2) is 34.1 Å². The standard InChI is InChI=1S/C19H21N3OS/c1-14(15-4-5-19-18(11-15)21-13-24-19)22-9-6-16(7-10-22)23-17-3-2-8-20-12-17/h2-5,8,11-14,16H,6-7,9-10H2,1H3/t14-/m0/s1. The second-order valence-corrected chi connectivity index (χ2v) is 7.18. The second kappa shape index (κ2) is 6.87. The van der Waals surface area contributed by atoms with Gasteiger partial charge in [0.15, 0.2) is 0 Å². The van der Waals surface area contributed by atoms with Gasteiger partial charge in [0.25, 0.3) is 0 Å². The zero-order valence-corrected chi connectivity index (χ0v) is 14.6. The van der Waals surface area contributed by atoms with Gasteiger partial charge in [0, 0.05) is 25.3 Å². The van der Waals surface area contributed by atoms with Crippen LogP contribution < -0.4 is 4.74 Å². The molecule has 2 aromatic heterocycles. The number of pyridine rings is 1. The van der Waals surface area contributed by atoms with Crippen LogP contribution in [-0.2, 0) is 0 Å². The van der Waals surface area contributed by atoms with E-state index < -0.39 is 0 Å². The van der Waals surface area contributed by atoms with Crippen molar-refractivity contribution in [3.05, 3.63) is 53.8 Å². The molecule has 1 atom stereocenters. The molecule has 0 N–H and O–H groups in total. The highest BCUT2D eigenvalue weighted by molar-refractivity contribution is 7.16. The van der Waals surface area contributed by atoms with Crippen LogP contribution in [0.4, 0.5) is 0 Å². The summed E-state index contributed by atoms with van der Waals surface area (Å²) in [6.45, 7) is 4.40. The van der Waals surface area contributed by atoms with Gasteiger partial charge in [0.05, 0.1) is 21.9 Å². The largest absolute Gasteiger partial charge is 0.489 e. The van der Waals surface area contributed by atoms with Gasteiger partial charge >= 0.3 is 0 Å². The molecule has 1 aliphatic rings. The summed E-state index contributed by atoms with van der Waals surface area (Å²) in [4.78, 5) is 11.1. The number of rotatable bonds is 4. The highest BCUT2D eigenvalue weighted by Gasteiger charge is 2.24. The summed E-state index contributed by atoms with van der Waals surface area (Å²) < 4.78 is 7.30. The van der Waals surface area contributed by atoms with Crippen LogP contribution in [0.2, 0.25) is 0 Å². The van der Waals surface area contributed by atoms with E-state index in [1.54, 1.807) is 23.7 Å². The minimum atomic E-state index is 0.290. The van der Waals surface area contributed by atoms with Gasteiger partial charge in [-0.15, -0.1) is 11.3 Å². The van der Waals surface area contributed by atoms with Gasteiger partial charge in [0.2, 0.25) is 0 Å². The zero-order valence-electron chi connectivity index (χ0n) is 13.8. The first-order valence-electron chi connectivity index (χ1n) is 8.43. The molecule has 3 aromatic rings. The maximum absolute atomic E-state index is 6.04. The van der Waals surface area contributed by atoms with Gasteiger partial charge in [-0.25, -0.2) is 4.98 Å². The van der Waals surface area contributed by atoms with E-state index in [2.05, 4.69) is 40.0 Å². The molecule has 0 spiro atoms. The van der Waals surface area contributed by atoms with Crippen molar-refractivity contribution in [2.75, 3.05) is 13.1 Å². The average Bonchev–Trinajstić information content (AvgIpc) is 3.10. The highest BCUT2D eigenvalue weighted by Crippen LogP contribution is 2.28. The third-order valence-electron chi connectivity index (χ3n) is 4.80. The number of aromatic nitrogens is 2. The monoisotopic (exact) mass is 339 g/mol. The minimum absolute atomic E-state index is 0.290. The third-order valence-corrected chi connectivity index (χ3v) is 5.61. The molecule has 124 valence electrons. The molecule has 0 unspecified atom stereocenters. The Kier molecular flexibility index (Phi) is 4.45. The van der Waals surface area contributed by atoms with E-state index in [1.165, 1.54) is 10.3 Å². The second-order valence-electron chi connectivity index (χ2n) is 6.30. The van der Waals surface area contributed by atoms with Crippen molar-refractivity contribution in [3.63, 3.8) is 0 Å². The molecule has 24 heavy (non-hydrogen) atoms. The van der Waals surface area contributed by atoms with Gasteiger partial charge in [-0.2, -0.15) is 0 Å². The molecule has 0 amide bonds. The lowest BCUT2D eigenvalue weighted by atomic mass is 10.0. The fraction of sp³-hybridized carbons (Fsp3) is 0.368. The van der Waals surface area contributed by atoms with Crippen molar-refractivity contribution < 1.29 is 4.74 Å². The van der Waals surface area contributed by atoms with Gasteiger partial charge in [-0.3, -0.25) is 9.88 Å². The molecule has 1 aliphatic heterocycles. The molecule has 1 fully saturated rings. The fourth-order valence-corrected chi connectivity index (χ4v) is 3.99. The molecule has 0 radical (unpaired) electrons. The quantitative estimate of drug-likeness (QED) is 0.710. The van der Waals surface area contributed by atoms with Crippen molar-refractivity contribution in [2.24, 2.45) is 0 Å². The number of piperidine rings is 1. The summed E-state index contributed by atoms with van der Waals surface area (Å²) >= 11 is 1.70. The van der Waals surface area contributed by atoms with E-state index in [0.29, 0.717) is 12.1 Å². The highest BCUT2D eigenvalue weighted by atomic mass is 32.1. The Morgan fingerprint density at radius 1 is 1.25 bits per heavy atom. The maximum Gasteiger partial charge on any atom is 0.137 e. The Balaban J connectivity index is 1.38. The number of likely N-dealkylation sites (tertiary alicyclic amines) is 1. The number of ether oxygens (including phenoxy) is 1. The first-order valence-corrected chi connectivity index (χ1v) is 9.31. The minimum Gasteiger partial charge on any atom is -0.489 e. The zero-order chi connectivity index (χ0) is 16.4. The summed E-state index contributed by atoms with van der Waals surface area (Å²) in [6, 6.07) is 11.0. The molecule has 5 heteroatoms. The Hall–Kier alpha value is -1.98. The molecule has 0 aliphatic carbocycles. The topological polar surface area (TPSA) is 38.2 Å². The number of fused-ring (bicyclic) bond motifs is 1. The molecule has 0 saturated carbocycles. The van der Waals surface area contributed by atoms with Crippen molar-refractivity contribution in [1.29, 1.82) is 0 Å². The lowest BCUT2D eigenvalue weighted by Crippen LogP contribution is -2.39. The van der Waals surface area contributed by atoms with Crippen molar-refractivity contribution in [2.45, 2.75) is 31.9 Å². The van der Waals surface area contributed by atoms with Crippen LogP contribution in [0.15, 0.2) is 48.2 Å². The van der Waals surface area contributed by atoms with Crippen LogP contribution in [0.25, 0.3) is 10.2 Å². The predicted octanol–water partition coefficient (Wildman–Crippen LogP) is 4.30. The molecular formula is C19H21N3OS. The number of hydrogen-bond acceptors (Lipinski definition) is 5. The van der Waals surface area contributed by atoms with Crippen molar-refractivity contribution in [1.82, 2.24) is 14.9 Å². The molecular weight excluding hydrogens is 318 g/mol. The van der Waals surface area contributed by atoms with E-state index in [4.69, 9.17) is 4.74 Å². The number of benzene rings is 1. The number of thiazole rings is 1. The lowest BCUT2D eigenvalue weighted by molar-refractivity contribution is 0.0795. The van der Waals surface area contributed by atoms with E-state index in [0.717, 1.165) is 37.2 Å².